The smallest absolute Gasteiger partial charge is 0.240 e. The highest BCUT2D eigenvalue weighted by Crippen LogP contribution is 2.14. The molecule has 2 aliphatic rings. The summed E-state index contributed by atoms with van der Waals surface area (Å²) < 4.78 is 0. The predicted octanol–water partition coefficient (Wildman–Crippen LogP) is -0.134. The van der Waals surface area contributed by atoms with Gasteiger partial charge >= 0.3 is 0 Å². The van der Waals surface area contributed by atoms with E-state index >= 15 is 0 Å². The zero-order valence-electron chi connectivity index (χ0n) is 15.3. The van der Waals surface area contributed by atoms with Gasteiger partial charge in [0.2, 0.25) is 17.7 Å². The first kappa shape index (κ1) is 18.9. The Hall–Kier alpha value is -1.47. The molecule has 136 valence electrons. The molecule has 2 rings (SSSR count). The number of amides is 3. The van der Waals surface area contributed by atoms with E-state index in [0.717, 1.165) is 13.1 Å². The van der Waals surface area contributed by atoms with E-state index in [0.29, 0.717) is 39.0 Å². The van der Waals surface area contributed by atoms with E-state index in [1.165, 1.54) is 4.90 Å². The minimum Gasteiger partial charge on any atom is -0.339 e. The van der Waals surface area contributed by atoms with Gasteiger partial charge in [-0.05, 0) is 20.0 Å². The number of imide groups is 1. The third-order valence-corrected chi connectivity index (χ3v) is 4.92. The Morgan fingerprint density at radius 3 is 2.00 bits per heavy atom. The topological polar surface area (TPSA) is 64.2 Å². The number of nitrogens with zero attached hydrogens (tertiary/aromatic N) is 4. The molecule has 7 heteroatoms. The van der Waals surface area contributed by atoms with Crippen LogP contribution in [0.2, 0.25) is 0 Å². The number of hydrogen-bond donors (Lipinski definition) is 0. The van der Waals surface area contributed by atoms with Crippen LogP contribution >= 0.6 is 0 Å². The van der Waals surface area contributed by atoms with Crippen LogP contribution in [0, 0.1) is 5.92 Å². The monoisotopic (exact) mass is 338 g/mol. The summed E-state index contributed by atoms with van der Waals surface area (Å²) in [5, 5.41) is 0. The molecule has 0 bridgehead atoms. The van der Waals surface area contributed by atoms with Crippen molar-refractivity contribution in [3.8, 4) is 0 Å². The van der Waals surface area contributed by atoms with Crippen LogP contribution in [0.3, 0.4) is 0 Å². The zero-order chi connectivity index (χ0) is 17.9. The summed E-state index contributed by atoms with van der Waals surface area (Å²) in [6.45, 7) is 8.31. The highest BCUT2D eigenvalue weighted by Gasteiger charge is 2.32. The Kier molecular flexibility index (Phi) is 6.34. The lowest BCUT2D eigenvalue weighted by molar-refractivity contribution is -0.139. The number of carbonyl (C=O) groups excluding carboxylic acids is 3. The minimum absolute atomic E-state index is 0.0560. The second kappa shape index (κ2) is 8.07. The number of likely N-dealkylation sites (tertiary alicyclic amines) is 1. The lowest BCUT2D eigenvalue weighted by Gasteiger charge is -2.39. The van der Waals surface area contributed by atoms with Crippen LogP contribution < -0.4 is 0 Å². The zero-order valence-corrected chi connectivity index (χ0v) is 15.3. The van der Waals surface area contributed by atoms with Crippen LogP contribution in [-0.2, 0) is 14.4 Å². The number of likely N-dealkylation sites (N-methyl/N-ethyl adjacent to an activating group) is 1. The summed E-state index contributed by atoms with van der Waals surface area (Å²) in [7, 11) is 3.89. The molecule has 0 saturated carbocycles. The van der Waals surface area contributed by atoms with E-state index < -0.39 is 0 Å². The van der Waals surface area contributed by atoms with Crippen molar-refractivity contribution in [2.24, 2.45) is 5.92 Å². The van der Waals surface area contributed by atoms with Crippen molar-refractivity contribution in [2.75, 3.05) is 53.4 Å². The standard InChI is InChI=1S/C17H30N4O3/c1-13(2)16(18(3)4)17(24)20-10-7-19(8-11-20)9-12-21-14(22)5-6-15(21)23/h13,16H,5-12H2,1-4H3/t16-/m1/s1. The number of piperazine rings is 1. The molecule has 1 atom stereocenters. The molecular weight excluding hydrogens is 308 g/mol. The molecule has 3 amide bonds. The van der Waals surface area contributed by atoms with Gasteiger partial charge in [-0.2, -0.15) is 0 Å². The van der Waals surface area contributed by atoms with E-state index in [1.54, 1.807) is 0 Å². The van der Waals surface area contributed by atoms with Crippen molar-refractivity contribution in [1.82, 2.24) is 19.6 Å². The summed E-state index contributed by atoms with van der Waals surface area (Å²) in [6.07, 6.45) is 0.699. The van der Waals surface area contributed by atoms with Gasteiger partial charge in [-0.25, -0.2) is 0 Å². The van der Waals surface area contributed by atoms with Crippen LogP contribution in [0.1, 0.15) is 26.7 Å². The molecule has 0 unspecified atom stereocenters. The van der Waals surface area contributed by atoms with Gasteiger partial charge in [0, 0.05) is 52.1 Å². The van der Waals surface area contributed by atoms with Crippen molar-refractivity contribution < 1.29 is 14.4 Å². The molecular formula is C17H30N4O3. The molecule has 0 aromatic carbocycles. The first-order valence-electron chi connectivity index (χ1n) is 8.82. The van der Waals surface area contributed by atoms with E-state index in [1.807, 2.05) is 23.9 Å². The van der Waals surface area contributed by atoms with Gasteiger partial charge in [0.25, 0.3) is 0 Å². The highest BCUT2D eigenvalue weighted by molar-refractivity contribution is 6.01. The maximum absolute atomic E-state index is 12.7. The number of hydrogen-bond acceptors (Lipinski definition) is 5. The Labute approximate surface area is 144 Å². The predicted molar refractivity (Wildman–Crippen MR) is 91.3 cm³/mol. The molecule has 0 radical (unpaired) electrons. The summed E-state index contributed by atoms with van der Waals surface area (Å²) in [5.74, 6) is 0.358. The van der Waals surface area contributed by atoms with Crippen LogP contribution in [0.5, 0.6) is 0 Å². The fourth-order valence-electron chi connectivity index (χ4n) is 3.59. The first-order chi connectivity index (χ1) is 11.3. The van der Waals surface area contributed by atoms with E-state index in [9.17, 15) is 14.4 Å². The number of carbonyl (C=O) groups is 3. The average molecular weight is 338 g/mol. The van der Waals surface area contributed by atoms with E-state index in [2.05, 4.69) is 18.7 Å². The van der Waals surface area contributed by atoms with Crippen molar-refractivity contribution in [2.45, 2.75) is 32.7 Å². The Bertz CT molecular complexity index is 460. The van der Waals surface area contributed by atoms with Crippen LogP contribution in [-0.4, -0.2) is 96.7 Å². The van der Waals surface area contributed by atoms with E-state index in [4.69, 9.17) is 0 Å². The van der Waals surface area contributed by atoms with Gasteiger partial charge < -0.3 is 4.90 Å². The van der Waals surface area contributed by atoms with Crippen LogP contribution in [0.15, 0.2) is 0 Å². The molecule has 2 heterocycles. The summed E-state index contributed by atoms with van der Waals surface area (Å²) in [5.41, 5.74) is 0. The summed E-state index contributed by atoms with van der Waals surface area (Å²) >= 11 is 0. The van der Waals surface area contributed by atoms with Crippen molar-refractivity contribution in [3.05, 3.63) is 0 Å². The van der Waals surface area contributed by atoms with Crippen molar-refractivity contribution >= 4 is 17.7 Å². The second-order valence-electron chi connectivity index (χ2n) is 7.26. The molecule has 0 N–H and O–H groups in total. The van der Waals surface area contributed by atoms with Crippen LogP contribution in [0.4, 0.5) is 0 Å². The Morgan fingerprint density at radius 1 is 1.00 bits per heavy atom. The van der Waals surface area contributed by atoms with Gasteiger partial charge in [-0.3, -0.25) is 29.1 Å². The number of rotatable bonds is 6. The largest absolute Gasteiger partial charge is 0.339 e. The lowest BCUT2D eigenvalue weighted by Crippen LogP contribution is -2.55. The summed E-state index contributed by atoms with van der Waals surface area (Å²) in [6, 6.07) is -0.0867. The van der Waals surface area contributed by atoms with Crippen molar-refractivity contribution in [3.63, 3.8) is 0 Å². The SMILES string of the molecule is CC(C)[C@H](C(=O)N1CCN(CCN2C(=O)CCC2=O)CC1)N(C)C. The van der Waals surface area contributed by atoms with Gasteiger partial charge in [-0.1, -0.05) is 13.8 Å². The van der Waals surface area contributed by atoms with Gasteiger partial charge in [0.15, 0.2) is 0 Å². The molecule has 0 aliphatic carbocycles. The molecule has 7 nitrogen and oxygen atoms in total. The Balaban J connectivity index is 1.79. The fourth-order valence-corrected chi connectivity index (χ4v) is 3.59. The van der Waals surface area contributed by atoms with Crippen LogP contribution in [0.25, 0.3) is 0 Å². The second-order valence-corrected chi connectivity index (χ2v) is 7.26. The minimum atomic E-state index is -0.0867. The normalized spacial score (nSPS) is 21.2. The lowest BCUT2D eigenvalue weighted by atomic mass is 10.0. The summed E-state index contributed by atoms with van der Waals surface area (Å²) in [4.78, 5) is 43.5. The molecule has 0 spiro atoms. The quantitative estimate of drug-likeness (QED) is 0.631. The third-order valence-electron chi connectivity index (χ3n) is 4.92. The van der Waals surface area contributed by atoms with Gasteiger partial charge in [-0.15, -0.1) is 0 Å². The first-order valence-corrected chi connectivity index (χ1v) is 8.82. The molecule has 0 aromatic rings. The maximum atomic E-state index is 12.7. The van der Waals surface area contributed by atoms with E-state index in [-0.39, 0.29) is 29.7 Å². The Morgan fingerprint density at radius 2 is 1.54 bits per heavy atom. The molecule has 2 aliphatic heterocycles. The molecule has 24 heavy (non-hydrogen) atoms. The third kappa shape index (κ3) is 4.33. The van der Waals surface area contributed by atoms with Gasteiger partial charge in [0.05, 0.1) is 6.04 Å². The molecule has 2 saturated heterocycles. The fraction of sp³-hybridized carbons (Fsp3) is 0.824. The molecule has 2 fully saturated rings. The van der Waals surface area contributed by atoms with Gasteiger partial charge in [0.1, 0.15) is 0 Å². The van der Waals surface area contributed by atoms with Crippen molar-refractivity contribution in [1.29, 1.82) is 0 Å². The highest BCUT2D eigenvalue weighted by atomic mass is 16.2. The maximum Gasteiger partial charge on any atom is 0.240 e. The average Bonchev–Trinajstić information content (AvgIpc) is 2.83. The molecule has 0 aromatic heterocycles.